The molecule has 0 unspecified atom stereocenters. The number of benzene rings is 3. The standard InChI is InChI=1S/C24H21NO7/c1-16-3-5-17(6-4-16)14-31-22-12-9-19(13-23(22)30-2)24(27)32-15-21(26)18-7-10-20(11-8-18)25(28)29/h3-13H,14-15H2,1-2H3. The second kappa shape index (κ2) is 10.2. The van der Waals surface area contributed by atoms with Crippen molar-refractivity contribution < 1.29 is 28.7 Å². The summed E-state index contributed by atoms with van der Waals surface area (Å²) >= 11 is 0. The van der Waals surface area contributed by atoms with Crippen molar-refractivity contribution in [1.82, 2.24) is 0 Å². The molecule has 32 heavy (non-hydrogen) atoms. The molecule has 3 rings (SSSR count). The van der Waals surface area contributed by atoms with E-state index in [9.17, 15) is 19.7 Å². The molecule has 0 amide bonds. The van der Waals surface area contributed by atoms with Gasteiger partial charge in [0, 0.05) is 17.7 Å². The third-order valence-corrected chi connectivity index (χ3v) is 4.65. The van der Waals surface area contributed by atoms with E-state index in [-0.39, 0.29) is 16.8 Å². The monoisotopic (exact) mass is 435 g/mol. The Morgan fingerprint density at radius 2 is 1.56 bits per heavy atom. The maximum absolute atomic E-state index is 12.4. The van der Waals surface area contributed by atoms with Crippen LogP contribution in [-0.2, 0) is 11.3 Å². The highest BCUT2D eigenvalue weighted by Gasteiger charge is 2.16. The van der Waals surface area contributed by atoms with Gasteiger partial charge in [-0.05, 0) is 42.8 Å². The normalized spacial score (nSPS) is 10.3. The van der Waals surface area contributed by atoms with E-state index in [4.69, 9.17) is 14.2 Å². The molecule has 164 valence electrons. The Labute approximate surface area is 184 Å². The second-order valence-electron chi connectivity index (χ2n) is 6.94. The predicted molar refractivity (Wildman–Crippen MR) is 116 cm³/mol. The molecule has 0 saturated carbocycles. The number of hydrogen-bond acceptors (Lipinski definition) is 7. The number of aryl methyl sites for hydroxylation is 1. The van der Waals surface area contributed by atoms with Gasteiger partial charge >= 0.3 is 5.97 Å². The number of ether oxygens (including phenoxy) is 3. The molecule has 3 aromatic rings. The van der Waals surface area contributed by atoms with Gasteiger partial charge in [-0.3, -0.25) is 14.9 Å². The quantitative estimate of drug-likeness (QED) is 0.210. The molecule has 0 N–H and O–H groups in total. The summed E-state index contributed by atoms with van der Waals surface area (Å²) in [5, 5.41) is 10.7. The maximum Gasteiger partial charge on any atom is 0.338 e. The third kappa shape index (κ3) is 5.69. The maximum atomic E-state index is 12.4. The lowest BCUT2D eigenvalue weighted by atomic mass is 10.1. The van der Waals surface area contributed by atoms with Gasteiger partial charge in [-0.2, -0.15) is 0 Å². The summed E-state index contributed by atoms with van der Waals surface area (Å²) in [5.41, 5.74) is 2.42. The van der Waals surface area contributed by atoms with E-state index in [1.807, 2.05) is 31.2 Å². The van der Waals surface area contributed by atoms with Crippen LogP contribution in [0.1, 0.15) is 31.8 Å². The summed E-state index contributed by atoms with van der Waals surface area (Å²) in [6, 6.07) is 17.6. The van der Waals surface area contributed by atoms with E-state index in [1.165, 1.54) is 43.5 Å². The molecule has 0 spiro atoms. The van der Waals surface area contributed by atoms with Crippen molar-refractivity contribution in [1.29, 1.82) is 0 Å². The average molecular weight is 435 g/mol. The van der Waals surface area contributed by atoms with E-state index in [2.05, 4.69) is 0 Å². The number of esters is 1. The Morgan fingerprint density at radius 1 is 0.906 bits per heavy atom. The van der Waals surface area contributed by atoms with Gasteiger partial charge in [0.15, 0.2) is 23.9 Å². The number of Topliss-reactive ketones (excluding diaryl/α,β-unsaturated/α-hetero) is 1. The van der Waals surface area contributed by atoms with Crippen LogP contribution in [0, 0.1) is 17.0 Å². The lowest BCUT2D eigenvalue weighted by molar-refractivity contribution is -0.384. The Morgan fingerprint density at radius 3 is 2.19 bits per heavy atom. The molecule has 0 heterocycles. The molecular formula is C24H21NO7. The van der Waals surface area contributed by atoms with E-state index in [1.54, 1.807) is 6.07 Å². The van der Waals surface area contributed by atoms with Crippen molar-refractivity contribution >= 4 is 17.4 Å². The molecule has 8 nitrogen and oxygen atoms in total. The fraction of sp³-hybridized carbons (Fsp3) is 0.167. The van der Waals surface area contributed by atoms with Gasteiger partial charge in [-0.1, -0.05) is 29.8 Å². The highest BCUT2D eigenvalue weighted by molar-refractivity contribution is 5.99. The van der Waals surface area contributed by atoms with Gasteiger partial charge in [-0.15, -0.1) is 0 Å². The first-order chi connectivity index (χ1) is 15.4. The van der Waals surface area contributed by atoms with E-state index in [0.717, 1.165) is 11.1 Å². The Bertz CT molecular complexity index is 1120. The fourth-order valence-electron chi connectivity index (χ4n) is 2.83. The minimum absolute atomic E-state index is 0.129. The first-order valence-electron chi connectivity index (χ1n) is 9.68. The van der Waals surface area contributed by atoms with Crippen LogP contribution in [0.15, 0.2) is 66.7 Å². The lowest BCUT2D eigenvalue weighted by Crippen LogP contribution is -2.14. The molecule has 0 saturated heterocycles. The van der Waals surface area contributed by atoms with Crippen molar-refractivity contribution in [3.05, 3.63) is 99.1 Å². The van der Waals surface area contributed by atoms with Crippen LogP contribution in [0.25, 0.3) is 0 Å². The van der Waals surface area contributed by atoms with Gasteiger partial charge in [0.05, 0.1) is 17.6 Å². The topological polar surface area (TPSA) is 105 Å². The van der Waals surface area contributed by atoms with E-state index < -0.39 is 23.3 Å². The molecule has 0 radical (unpaired) electrons. The van der Waals surface area contributed by atoms with E-state index >= 15 is 0 Å². The number of ketones is 1. The van der Waals surface area contributed by atoms with Crippen molar-refractivity contribution in [2.24, 2.45) is 0 Å². The van der Waals surface area contributed by atoms with Crippen LogP contribution >= 0.6 is 0 Å². The number of nitro groups is 1. The molecule has 3 aromatic carbocycles. The SMILES string of the molecule is COc1cc(C(=O)OCC(=O)c2ccc([N+](=O)[O-])cc2)ccc1OCc1ccc(C)cc1. The number of nitrogens with zero attached hydrogens (tertiary/aromatic N) is 1. The predicted octanol–water partition coefficient (Wildman–Crippen LogP) is 4.53. The van der Waals surface area contributed by atoms with Crippen LogP contribution in [-0.4, -0.2) is 30.4 Å². The zero-order valence-electron chi connectivity index (χ0n) is 17.6. The summed E-state index contributed by atoms with van der Waals surface area (Å²) in [5.74, 6) is -0.359. The summed E-state index contributed by atoms with van der Waals surface area (Å²) in [6.07, 6.45) is 0. The number of carbonyl (C=O) groups excluding carboxylic acids is 2. The molecule has 0 aliphatic heterocycles. The van der Waals surface area contributed by atoms with Gasteiger partial charge in [0.1, 0.15) is 6.61 Å². The minimum Gasteiger partial charge on any atom is -0.493 e. The van der Waals surface area contributed by atoms with Crippen LogP contribution in [0.5, 0.6) is 11.5 Å². The average Bonchev–Trinajstić information content (AvgIpc) is 2.81. The van der Waals surface area contributed by atoms with Crippen LogP contribution in [0.3, 0.4) is 0 Å². The highest BCUT2D eigenvalue weighted by Crippen LogP contribution is 2.29. The molecule has 0 bridgehead atoms. The molecule has 0 aliphatic carbocycles. The number of rotatable bonds is 9. The van der Waals surface area contributed by atoms with Crippen LogP contribution in [0.4, 0.5) is 5.69 Å². The molecule has 8 heteroatoms. The number of carbonyl (C=O) groups is 2. The first-order valence-corrected chi connectivity index (χ1v) is 9.68. The van der Waals surface area contributed by atoms with Gasteiger partial charge < -0.3 is 14.2 Å². The summed E-state index contributed by atoms with van der Waals surface area (Å²) in [4.78, 5) is 34.7. The fourth-order valence-corrected chi connectivity index (χ4v) is 2.83. The minimum atomic E-state index is -0.705. The lowest BCUT2D eigenvalue weighted by Gasteiger charge is -2.12. The first kappa shape index (κ1) is 22.5. The van der Waals surface area contributed by atoms with Crippen molar-refractivity contribution in [3.63, 3.8) is 0 Å². The van der Waals surface area contributed by atoms with Gasteiger partial charge in [0.25, 0.3) is 5.69 Å². The van der Waals surface area contributed by atoms with Gasteiger partial charge in [0.2, 0.25) is 0 Å². The smallest absolute Gasteiger partial charge is 0.338 e. The molecule has 0 aromatic heterocycles. The zero-order valence-corrected chi connectivity index (χ0v) is 17.6. The van der Waals surface area contributed by atoms with Crippen molar-refractivity contribution in [2.75, 3.05) is 13.7 Å². The number of methoxy groups -OCH3 is 1. The molecule has 0 fully saturated rings. The summed E-state index contributed by atoms with van der Waals surface area (Å²) < 4.78 is 16.2. The Kier molecular flexibility index (Phi) is 7.17. The number of non-ortho nitro benzene ring substituents is 1. The summed E-state index contributed by atoms with van der Waals surface area (Å²) in [7, 11) is 1.46. The van der Waals surface area contributed by atoms with Crippen molar-refractivity contribution in [3.8, 4) is 11.5 Å². The number of nitro benzene ring substituents is 1. The van der Waals surface area contributed by atoms with E-state index in [0.29, 0.717) is 18.1 Å². The third-order valence-electron chi connectivity index (χ3n) is 4.65. The van der Waals surface area contributed by atoms with Crippen LogP contribution < -0.4 is 9.47 Å². The van der Waals surface area contributed by atoms with Crippen LogP contribution in [0.2, 0.25) is 0 Å². The van der Waals surface area contributed by atoms with Gasteiger partial charge in [-0.25, -0.2) is 4.79 Å². The molecule has 0 aliphatic rings. The zero-order chi connectivity index (χ0) is 23.1. The largest absolute Gasteiger partial charge is 0.493 e. The Hall–Kier alpha value is -4.20. The number of hydrogen-bond donors (Lipinski definition) is 0. The Balaban J connectivity index is 1.60. The second-order valence-corrected chi connectivity index (χ2v) is 6.94. The van der Waals surface area contributed by atoms with Crippen molar-refractivity contribution in [2.45, 2.75) is 13.5 Å². The summed E-state index contributed by atoms with van der Waals surface area (Å²) in [6.45, 7) is 1.85. The highest BCUT2D eigenvalue weighted by atomic mass is 16.6. The molecular weight excluding hydrogens is 414 g/mol. The molecule has 0 atom stereocenters.